The van der Waals surface area contributed by atoms with Gasteiger partial charge in [0.2, 0.25) is 0 Å². The standard InChI is InChI=1S/C7H6INO2/c1-5(10)11-6-3-2-4-9-7(6)8/h2-4H,1H3. The third-order valence-electron chi connectivity index (χ3n) is 0.979. The van der Waals surface area contributed by atoms with E-state index in [0.717, 1.165) is 0 Å². The molecule has 0 aliphatic carbocycles. The Bertz CT molecular complexity index is 275. The molecule has 0 atom stereocenters. The van der Waals surface area contributed by atoms with Gasteiger partial charge >= 0.3 is 5.97 Å². The Kier molecular flexibility index (Phi) is 2.81. The molecule has 0 unspecified atom stereocenters. The van der Waals surface area contributed by atoms with Crippen LogP contribution in [-0.4, -0.2) is 11.0 Å². The van der Waals surface area contributed by atoms with Crippen LogP contribution in [0.5, 0.6) is 5.75 Å². The van der Waals surface area contributed by atoms with E-state index in [-0.39, 0.29) is 5.97 Å². The first kappa shape index (κ1) is 8.45. The Morgan fingerprint density at radius 3 is 3.00 bits per heavy atom. The van der Waals surface area contributed by atoms with Gasteiger partial charge in [0.15, 0.2) is 5.75 Å². The van der Waals surface area contributed by atoms with Gasteiger partial charge < -0.3 is 4.74 Å². The van der Waals surface area contributed by atoms with Crippen LogP contribution in [0.2, 0.25) is 0 Å². The Morgan fingerprint density at radius 2 is 2.45 bits per heavy atom. The fraction of sp³-hybridized carbons (Fsp3) is 0.143. The third kappa shape index (κ3) is 2.45. The first-order valence-electron chi connectivity index (χ1n) is 2.99. The van der Waals surface area contributed by atoms with E-state index in [1.54, 1.807) is 18.3 Å². The quantitative estimate of drug-likeness (QED) is 0.439. The van der Waals surface area contributed by atoms with Crippen molar-refractivity contribution in [3.05, 3.63) is 22.0 Å². The lowest BCUT2D eigenvalue weighted by molar-refractivity contribution is -0.131. The Morgan fingerprint density at radius 1 is 1.73 bits per heavy atom. The van der Waals surface area contributed by atoms with E-state index in [1.807, 2.05) is 22.6 Å². The fourth-order valence-electron chi connectivity index (χ4n) is 0.602. The molecule has 0 saturated heterocycles. The van der Waals surface area contributed by atoms with Gasteiger partial charge in [0.25, 0.3) is 0 Å². The molecule has 0 saturated carbocycles. The average Bonchev–Trinajstić information content (AvgIpc) is 1.93. The molecule has 3 nitrogen and oxygen atoms in total. The number of carbonyl (C=O) groups is 1. The third-order valence-corrected chi connectivity index (χ3v) is 1.79. The number of pyridine rings is 1. The van der Waals surface area contributed by atoms with Gasteiger partial charge in [-0.25, -0.2) is 4.98 Å². The topological polar surface area (TPSA) is 39.2 Å². The van der Waals surface area contributed by atoms with Crippen LogP contribution in [0, 0.1) is 3.70 Å². The molecule has 1 aromatic heterocycles. The summed E-state index contributed by atoms with van der Waals surface area (Å²) in [5, 5.41) is 0. The first-order chi connectivity index (χ1) is 5.20. The number of hydrogen-bond donors (Lipinski definition) is 0. The summed E-state index contributed by atoms with van der Waals surface area (Å²) in [6.07, 6.45) is 1.65. The highest BCUT2D eigenvalue weighted by molar-refractivity contribution is 14.1. The van der Waals surface area contributed by atoms with Crippen LogP contribution in [0.3, 0.4) is 0 Å². The zero-order chi connectivity index (χ0) is 8.27. The second kappa shape index (κ2) is 3.66. The molecule has 0 N–H and O–H groups in total. The Hall–Kier alpha value is -0.650. The lowest BCUT2D eigenvalue weighted by Gasteiger charge is -2.00. The van der Waals surface area contributed by atoms with Crippen molar-refractivity contribution in [2.45, 2.75) is 6.92 Å². The number of ether oxygens (including phenoxy) is 1. The highest BCUT2D eigenvalue weighted by atomic mass is 127. The normalized spacial score (nSPS) is 9.27. The van der Waals surface area contributed by atoms with Crippen LogP contribution < -0.4 is 4.74 Å². The first-order valence-corrected chi connectivity index (χ1v) is 4.07. The second-order valence-electron chi connectivity index (χ2n) is 1.89. The summed E-state index contributed by atoms with van der Waals surface area (Å²) < 4.78 is 5.53. The summed E-state index contributed by atoms with van der Waals surface area (Å²) in [5.41, 5.74) is 0. The molecular weight excluding hydrogens is 257 g/mol. The van der Waals surface area contributed by atoms with Crippen molar-refractivity contribution in [2.75, 3.05) is 0 Å². The van der Waals surface area contributed by atoms with E-state index in [1.165, 1.54) is 6.92 Å². The Balaban J connectivity index is 2.86. The van der Waals surface area contributed by atoms with Gasteiger partial charge in [-0.15, -0.1) is 0 Å². The molecule has 0 aliphatic rings. The molecule has 0 spiro atoms. The minimum atomic E-state index is -0.323. The number of nitrogens with zero attached hydrogens (tertiary/aromatic N) is 1. The fourth-order valence-corrected chi connectivity index (χ4v) is 1.05. The molecule has 0 amide bonds. The molecule has 58 valence electrons. The predicted molar refractivity (Wildman–Crippen MR) is 48.3 cm³/mol. The van der Waals surface area contributed by atoms with Crippen molar-refractivity contribution in [3.63, 3.8) is 0 Å². The number of esters is 1. The van der Waals surface area contributed by atoms with E-state index in [9.17, 15) is 4.79 Å². The zero-order valence-corrected chi connectivity index (χ0v) is 8.03. The van der Waals surface area contributed by atoms with Crippen molar-refractivity contribution in [2.24, 2.45) is 0 Å². The van der Waals surface area contributed by atoms with Gasteiger partial charge in [-0.1, -0.05) is 0 Å². The summed E-state index contributed by atoms with van der Waals surface area (Å²) in [5.74, 6) is 0.191. The monoisotopic (exact) mass is 263 g/mol. The van der Waals surface area contributed by atoms with E-state index in [2.05, 4.69) is 4.98 Å². The molecule has 0 radical (unpaired) electrons. The van der Waals surface area contributed by atoms with Crippen molar-refractivity contribution < 1.29 is 9.53 Å². The molecule has 1 heterocycles. The second-order valence-corrected chi connectivity index (χ2v) is 2.91. The van der Waals surface area contributed by atoms with E-state index < -0.39 is 0 Å². The van der Waals surface area contributed by atoms with E-state index in [0.29, 0.717) is 9.45 Å². The van der Waals surface area contributed by atoms with Crippen LogP contribution in [0.15, 0.2) is 18.3 Å². The lowest BCUT2D eigenvalue weighted by atomic mass is 10.5. The average molecular weight is 263 g/mol. The maximum atomic E-state index is 10.5. The van der Waals surface area contributed by atoms with Gasteiger partial charge in [-0.05, 0) is 34.7 Å². The molecule has 0 aliphatic heterocycles. The lowest BCUT2D eigenvalue weighted by Crippen LogP contribution is -2.03. The van der Waals surface area contributed by atoms with Gasteiger partial charge in [-0.2, -0.15) is 0 Å². The molecule has 0 bridgehead atoms. The van der Waals surface area contributed by atoms with Gasteiger partial charge in [0, 0.05) is 13.1 Å². The molecule has 0 aromatic carbocycles. The number of hydrogen-bond acceptors (Lipinski definition) is 3. The van der Waals surface area contributed by atoms with Crippen molar-refractivity contribution in [3.8, 4) is 5.75 Å². The SMILES string of the molecule is CC(=O)Oc1cccnc1I. The van der Waals surface area contributed by atoms with E-state index >= 15 is 0 Å². The van der Waals surface area contributed by atoms with Crippen LogP contribution >= 0.6 is 22.6 Å². The predicted octanol–water partition coefficient (Wildman–Crippen LogP) is 1.61. The van der Waals surface area contributed by atoms with Crippen molar-refractivity contribution >= 4 is 28.6 Å². The van der Waals surface area contributed by atoms with Gasteiger partial charge in [0.1, 0.15) is 3.70 Å². The highest BCUT2D eigenvalue weighted by Gasteiger charge is 2.01. The van der Waals surface area contributed by atoms with Crippen molar-refractivity contribution in [1.29, 1.82) is 0 Å². The van der Waals surface area contributed by atoms with Crippen LogP contribution in [-0.2, 0) is 4.79 Å². The minimum Gasteiger partial charge on any atom is -0.424 e. The maximum Gasteiger partial charge on any atom is 0.308 e. The van der Waals surface area contributed by atoms with E-state index in [4.69, 9.17) is 4.74 Å². The zero-order valence-electron chi connectivity index (χ0n) is 5.87. The summed E-state index contributed by atoms with van der Waals surface area (Å²) in [6.45, 7) is 1.36. The largest absolute Gasteiger partial charge is 0.424 e. The summed E-state index contributed by atoms with van der Waals surface area (Å²) in [4.78, 5) is 14.5. The highest BCUT2D eigenvalue weighted by Crippen LogP contribution is 2.16. The molecule has 0 fully saturated rings. The number of aromatic nitrogens is 1. The van der Waals surface area contributed by atoms with Crippen LogP contribution in [0.1, 0.15) is 6.92 Å². The smallest absolute Gasteiger partial charge is 0.308 e. The van der Waals surface area contributed by atoms with Crippen LogP contribution in [0.25, 0.3) is 0 Å². The van der Waals surface area contributed by atoms with Crippen LogP contribution in [0.4, 0.5) is 0 Å². The Labute approximate surface area is 77.9 Å². The van der Waals surface area contributed by atoms with Gasteiger partial charge in [0.05, 0.1) is 0 Å². The number of halogens is 1. The van der Waals surface area contributed by atoms with Crippen molar-refractivity contribution in [1.82, 2.24) is 4.98 Å². The summed E-state index contributed by atoms with van der Waals surface area (Å²) in [6, 6.07) is 3.43. The maximum absolute atomic E-state index is 10.5. The minimum absolute atomic E-state index is 0.323. The van der Waals surface area contributed by atoms with Gasteiger partial charge in [-0.3, -0.25) is 4.79 Å². The molecular formula is C7H6INO2. The number of carbonyl (C=O) groups excluding carboxylic acids is 1. The molecule has 1 rings (SSSR count). The number of rotatable bonds is 1. The molecule has 1 aromatic rings. The summed E-state index contributed by atoms with van der Waals surface area (Å²) in [7, 11) is 0. The molecule has 11 heavy (non-hydrogen) atoms. The summed E-state index contributed by atoms with van der Waals surface area (Å²) >= 11 is 2.01. The molecule has 4 heteroatoms.